The number of furan rings is 1. The standard InChI is InChI=1S/C9H8N4O5/c14-7-6(12-13-9(17)11-7)10-3-4-1-2-5(18-4)8(15)16/h1-2H,3H2,(H,10,12)(H,15,16)(H2,11,13,14,17). The molecule has 0 aliphatic heterocycles. The highest BCUT2D eigenvalue weighted by Crippen LogP contribution is 2.08. The number of nitrogens with zero attached hydrogens (tertiary/aromatic N) is 1. The molecule has 94 valence electrons. The number of carbonyl (C=O) groups is 1. The molecule has 2 aromatic heterocycles. The van der Waals surface area contributed by atoms with Crippen LogP contribution >= 0.6 is 0 Å². The Bertz CT molecular complexity index is 683. The van der Waals surface area contributed by atoms with Gasteiger partial charge in [-0.15, -0.1) is 5.10 Å². The Balaban J connectivity index is 2.09. The highest BCUT2D eigenvalue weighted by atomic mass is 16.4. The van der Waals surface area contributed by atoms with Crippen LogP contribution in [0.25, 0.3) is 0 Å². The van der Waals surface area contributed by atoms with Crippen molar-refractivity contribution < 1.29 is 14.3 Å². The summed E-state index contributed by atoms with van der Waals surface area (Å²) in [5.74, 6) is -1.15. The maximum atomic E-state index is 11.2. The number of anilines is 1. The summed E-state index contributed by atoms with van der Waals surface area (Å²) >= 11 is 0. The van der Waals surface area contributed by atoms with Crippen molar-refractivity contribution in [1.82, 2.24) is 15.2 Å². The molecule has 0 amide bonds. The van der Waals surface area contributed by atoms with Crippen LogP contribution < -0.4 is 16.6 Å². The Morgan fingerprint density at radius 1 is 1.44 bits per heavy atom. The van der Waals surface area contributed by atoms with E-state index < -0.39 is 17.2 Å². The lowest BCUT2D eigenvalue weighted by Gasteiger charge is -2.00. The van der Waals surface area contributed by atoms with E-state index >= 15 is 0 Å². The second-order valence-corrected chi connectivity index (χ2v) is 3.28. The minimum Gasteiger partial charge on any atom is -0.475 e. The molecule has 2 rings (SSSR count). The van der Waals surface area contributed by atoms with Crippen molar-refractivity contribution in [2.45, 2.75) is 6.54 Å². The molecule has 0 unspecified atom stereocenters. The van der Waals surface area contributed by atoms with Crippen LogP contribution in [0.5, 0.6) is 0 Å². The lowest BCUT2D eigenvalue weighted by atomic mass is 10.4. The molecule has 0 saturated carbocycles. The number of hydrogen-bond acceptors (Lipinski definition) is 6. The maximum Gasteiger partial charge on any atom is 0.371 e. The first-order valence-electron chi connectivity index (χ1n) is 4.81. The van der Waals surface area contributed by atoms with Crippen LogP contribution in [-0.4, -0.2) is 26.3 Å². The second-order valence-electron chi connectivity index (χ2n) is 3.28. The summed E-state index contributed by atoms with van der Waals surface area (Å²) < 4.78 is 4.96. The molecular formula is C9H8N4O5. The van der Waals surface area contributed by atoms with Crippen molar-refractivity contribution in [3.63, 3.8) is 0 Å². The van der Waals surface area contributed by atoms with E-state index in [1.807, 2.05) is 4.98 Å². The molecule has 2 heterocycles. The van der Waals surface area contributed by atoms with Gasteiger partial charge in [0.25, 0.3) is 5.56 Å². The largest absolute Gasteiger partial charge is 0.475 e. The normalized spacial score (nSPS) is 10.2. The predicted molar refractivity (Wildman–Crippen MR) is 58.5 cm³/mol. The number of H-pyrrole nitrogens is 2. The number of hydrogen-bond donors (Lipinski definition) is 4. The first kappa shape index (κ1) is 11.6. The van der Waals surface area contributed by atoms with Gasteiger partial charge in [-0.05, 0) is 12.1 Å². The van der Waals surface area contributed by atoms with Gasteiger partial charge in [0.05, 0.1) is 6.54 Å². The molecule has 4 N–H and O–H groups in total. The number of carboxylic acid groups (broad SMARTS) is 1. The average molecular weight is 252 g/mol. The van der Waals surface area contributed by atoms with E-state index in [9.17, 15) is 14.4 Å². The van der Waals surface area contributed by atoms with E-state index in [1.165, 1.54) is 12.1 Å². The van der Waals surface area contributed by atoms with Crippen molar-refractivity contribution in [3.05, 3.63) is 44.5 Å². The van der Waals surface area contributed by atoms with Gasteiger partial charge in [0.1, 0.15) is 5.76 Å². The molecule has 0 aromatic carbocycles. The lowest BCUT2D eigenvalue weighted by molar-refractivity contribution is 0.0660. The van der Waals surface area contributed by atoms with Gasteiger partial charge in [0, 0.05) is 0 Å². The summed E-state index contributed by atoms with van der Waals surface area (Å²) in [5, 5.41) is 16.8. The minimum absolute atomic E-state index is 0.0649. The summed E-state index contributed by atoms with van der Waals surface area (Å²) in [5.41, 5.74) is -1.39. The van der Waals surface area contributed by atoms with Crippen molar-refractivity contribution in [1.29, 1.82) is 0 Å². The summed E-state index contributed by atoms with van der Waals surface area (Å²) in [7, 11) is 0. The number of carboxylic acids is 1. The van der Waals surface area contributed by atoms with Gasteiger partial charge in [0.15, 0.2) is 0 Å². The van der Waals surface area contributed by atoms with Gasteiger partial charge in [-0.25, -0.2) is 14.7 Å². The summed E-state index contributed by atoms with van der Waals surface area (Å²) in [6, 6.07) is 2.75. The highest BCUT2D eigenvalue weighted by molar-refractivity contribution is 5.84. The molecule has 0 aliphatic carbocycles. The Kier molecular flexibility index (Phi) is 2.96. The Hall–Kier alpha value is -2.84. The molecule has 0 atom stereocenters. The van der Waals surface area contributed by atoms with Crippen LogP contribution in [0, 0.1) is 0 Å². The first-order valence-corrected chi connectivity index (χ1v) is 4.81. The first-order chi connectivity index (χ1) is 8.56. The number of aromatic amines is 2. The van der Waals surface area contributed by atoms with Crippen LogP contribution in [0.4, 0.5) is 5.82 Å². The molecule has 0 fully saturated rings. The van der Waals surface area contributed by atoms with Crippen LogP contribution in [0.2, 0.25) is 0 Å². The highest BCUT2D eigenvalue weighted by Gasteiger charge is 2.09. The van der Waals surface area contributed by atoms with Crippen LogP contribution in [0.15, 0.2) is 26.1 Å². The number of aromatic nitrogens is 3. The average Bonchev–Trinajstić information content (AvgIpc) is 2.76. The van der Waals surface area contributed by atoms with Gasteiger partial charge in [0.2, 0.25) is 11.6 Å². The molecule has 0 bridgehead atoms. The molecule has 0 spiro atoms. The van der Waals surface area contributed by atoms with Gasteiger partial charge in [-0.2, -0.15) is 0 Å². The zero-order chi connectivity index (χ0) is 13.1. The van der Waals surface area contributed by atoms with Gasteiger partial charge in [-0.1, -0.05) is 0 Å². The van der Waals surface area contributed by atoms with E-state index in [2.05, 4.69) is 15.5 Å². The number of nitrogens with one attached hydrogen (secondary N) is 3. The van der Waals surface area contributed by atoms with Crippen molar-refractivity contribution >= 4 is 11.8 Å². The second kappa shape index (κ2) is 4.57. The van der Waals surface area contributed by atoms with E-state index in [1.54, 1.807) is 0 Å². The quantitative estimate of drug-likeness (QED) is 0.567. The van der Waals surface area contributed by atoms with Crippen LogP contribution in [-0.2, 0) is 6.54 Å². The summed E-state index contributed by atoms with van der Waals surface area (Å²) in [6.45, 7) is 0.0649. The van der Waals surface area contributed by atoms with Gasteiger partial charge in [-0.3, -0.25) is 9.78 Å². The third-order valence-electron chi connectivity index (χ3n) is 2.01. The molecule has 0 saturated heterocycles. The summed E-state index contributed by atoms with van der Waals surface area (Å²) in [6.07, 6.45) is 0. The molecular weight excluding hydrogens is 244 g/mol. The zero-order valence-corrected chi connectivity index (χ0v) is 8.89. The summed E-state index contributed by atoms with van der Waals surface area (Å²) in [4.78, 5) is 34.5. The molecule has 2 aromatic rings. The lowest BCUT2D eigenvalue weighted by Crippen LogP contribution is -2.26. The zero-order valence-electron chi connectivity index (χ0n) is 8.89. The fourth-order valence-electron chi connectivity index (χ4n) is 1.23. The van der Waals surface area contributed by atoms with Crippen LogP contribution in [0.3, 0.4) is 0 Å². The van der Waals surface area contributed by atoms with E-state index in [4.69, 9.17) is 9.52 Å². The van der Waals surface area contributed by atoms with E-state index in [0.29, 0.717) is 5.76 Å². The monoisotopic (exact) mass is 252 g/mol. The Labute approximate surface area is 98.5 Å². The Morgan fingerprint density at radius 2 is 2.22 bits per heavy atom. The number of aromatic carboxylic acids is 1. The molecule has 0 radical (unpaired) electrons. The molecule has 18 heavy (non-hydrogen) atoms. The third kappa shape index (κ3) is 2.45. The molecule has 0 aliphatic rings. The van der Waals surface area contributed by atoms with Gasteiger partial charge >= 0.3 is 11.7 Å². The maximum absolute atomic E-state index is 11.2. The third-order valence-corrected chi connectivity index (χ3v) is 2.01. The van der Waals surface area contributed by atoms with E-state index in [-0.39, 0.29) is 18.1 Å². The van der Waals surface area contributed by atoms with Crippen LogP contribution in [0.1, 0.15) is 16.3 Å². The fourth-order valence-corrected chi connectivity index (χ4v) is 1.23. The molecule has 9 heteroatoms. The number of rotatable bonds is 4. The van der Waals surface area contributed by atoms with E-state index in [0.717, 1.165) is 0 Å². The van der Waals surface area contributed by atoms with Crippen molar-refractivity contribution in [3.8, 4) is 0 Å². The smallest absolute Gasteiger partial charge is 0.371 e. The Morgan fingerprint density at radius 3 is 2.83 bits per heavy atom. The van der Waals surface area contributed by atoms with Crippen molar-refractivity contribution in [2.24, 2.45) is 0 Å². The predicted octanol–water partition coefficient (Wildman–Crippen LogP) is -0.639. The topological polar surface area (TPSA) is 141 Å². The van der Waals surface area contributed by atoms with Crippen molar-refractivity contribution in [2.75, 3.05) is 5.32 Å². The minimum atomic E-state index is -1.18. The SMILES string of the molecule is O=C(O)c1ccc(CNc2n[nH]c(=O)[nH]c2=O)o1. The fraction of sp³-hybridized carbons (Fsp3) is 0.111. The van der Waals surface area contributed by atoms with Gasteiger partial charge < -0.3 is 14.8 Å². The molecule has 9 nitrogen and oxygen atoms in total.